The number of nitrogens with one attached hydrogen (secondary N) is 3. The van der Waals surface area contributed by atoms with Crippen LogP contribution in [0.1, 0.15) is 30.9 Å². The number of aromatic amines is 2. The highest BCUT2D eigenvalue weighted by Gasteiger charge is 2.15. The van der Waals surface area contributed by atoms with Crippen LogP contribution in [0, 0.1) is 13.8 Å². The molecule has 0 aliphatic rings. The lowest BCUT2D eigenvalue weighted by Gasteiger charge is -1.97. The van der Waals surface area contributed by atoms with Crippen molar-refractivity contribution in [2.24, 2.45) is 26.3 Å². The van der Waals surface area contributed by atoms with E-state index in [2.05, 4.69) is 62.3 Å². The van der Waals surface area contributed by atoms with Crippen LogP contribution in [-0.4, -0.2) is 37.9 Å². The van der Waals surface area contributed by atoms with E-state index in [1.807, 2.05) is 43.5 Å². The van der Waals surface area contributed by atoms with E-state index >= 15 is 0 Å². The standard InChI is InChI=1S/C13H14BrN5O3.C11H10BrN3O2/c1-6-4-7-11(8(14)5-6)16-13(22)12(7)19-18-10(21)3-2-9(20)17-15;1-5-3-7-9(8(12)4-5)13-11(17)10(7)15-14-6(2)16/h4-5,16,22H,2-3,15H2,1H3,(H,17,20);3-4,13,17H,1-2H3. The molecule has 4 rings (SSSR count). The van der Waals surface area contributed by atoms with E-state index in [9.17, 15) is 24.6 Å². The Morgan fingerprint density at radius 1 is 0.846 bits per heavy atom. The number of H-pyrrole nitrogens is 2. The molecule has 7 N–H and O–H groups in total. The lowest BCUT2D eigenvalue weighted by atomic mass is 10.1. The summed E-state index contributed by atoms with van der Waals surface area (Å²) >= 11 is 6.78. The minimum Gasteiger partial charge on any atom is -0.493 e. The number of amides is 3. The van der Waals surface area contributed by atoms with Gasteiger partial charge in [-0.05, 0) is 81.1 Å². The average molecular weight is 664 g/mol. The Hall–Kier alpha value is -3.95. The molecule has 39 heavy (non-hydrogen) atoms. The molecule has 15 heteroatoms. The largest absolute Gasteiger partial charge is 0.493 e. The molecule has 4 aromatic rings. The number of benzene rings is 2. The Morgan fingerprint density at radius 3 is 1.74 bits per heavy atom. The molecule has 2 heterocycles. The number of carbonyl (C=O) groups is 3. The van der Waals surface area contributed by atoms with Crippen LogP contribution >= 0.6 is 31.9 Å². The van der Waals surface area contributed by atoms with Crippen molar-refractivity contribution in [1.82, 2.24) is 15.4 Å². The highest BCUT2D eigenvalue weighted by atomic mass is 79.9. The van der Waals surface area contributed by atoms with E-state index < -0.39 is 17.7 Å². The molecule has 0 bridgehead atoms. The molecule has 0 unspecified atom stereocenters. The summed E-state index contributed by atoms with van der Waals surface area (Å²) < 4.78 is 1.59. The molecule has 0 fully saturated rings. The van der Waals surface area contributed by atoms with E-state index in [1.54, 1.807) is 0 Å². The predicted octanol–water partition coefficient (Wildman–Crippen LogP) is 5.90. The van der Waals surface area contributed by atoms with Crippen molar-refractivity contribution < 1.29 is 24.6 Å². The molecule has 204 valence electrons. The minimum atomic E-state index is -0.580. The molecular formula is C24H24Br2N8O5. The maximum atomic E-state index is 11.6. The van der Waals surface area contributed by atoms with Gasteiger partial charge in [-0.1, -0.05) is 0 Å². The van der Waals surface area contributed by atoms with Gasteiger partial charge in [-0.3, -0.25) is 19.8 Å². The van der Waals surface area contributed by atoms with Crippen molar-refractivity contribution in [3.8, 4) is 11.8 Å². The van der Waals surface area contributed by atoms with Crippen LogP contribution in [0.4, 0.5) is 11.4 Å². The molecule has 2 aromatic heterocycles. The van der Waals surface area contributed by atoms with Crippen LogP contribution in [0.25, 0.3) is 21.8 Å². The Balaban J connectivity index is 0.000000223. The van der Waals surface area contributed by atoms with Crippen LogP contribution < -0.4 is 11.3 Å². The number of fused-ring (bicyclic) bond motifs is 2. The second-order valence-electron chi connectivity index (χ2n) is 8.36. The first-order chi connectivity index (χ1) is 18.4. The highest BCUT2D eigenvalue weighted by molar-refractivity contribution is 9.11. The number of nitrogens with zero attached hydrogens (tertiary/aromatic N) is 4. The number of hydrogen-bond donors (Lipinski definition) is 6. The molecule has 3 amide bonds. The lowest BCUT2D eigenvalue weighted by molar-refractivity contribution is -0.125. The van der Waals surface area contributed by atoms with E-state index in [4.69, 9.17) is 5.84 Å². The van der Waals surface area contributed by atoms with E-state index in [0.717, 1.165) is 31.0 Å². The van der Waals surface area contributed by atoms with Gasteiger partial charge >= 0.3 is 0 Å². The zero-order chi connectivity index (χ0) is 28.9. The second-order valence-corrected chi connectivity index (χ2v) is 10.1. The normalized spacial score (nSPS) is 11.3. The van der Waals surface area contributed by atoms with Gasteiger partial charge in [-0.2, -0.15) is 0 Å². The first-order valence-corrected chi connectivity index (χ1v) is 12.9. The summed E-state index contributed by atoms with van der Waals surface area (Å²) in [5, 5.41) is 35.5. The number of aromatic hydroxyl groups is 2. The summed E-state index contributed by atoms with van der Waals surface area (Å²) in [6.07, 6.45) is -0.183. The lowest BCUT2D eigenvalue weighted by Crippen LogP contribution is -2.30. The third-order valence-corrected chi connectivity index (χ3v) is 6.44. The highest BCUT2D eigenvalue weighted by Crippen LogP contribution is 2.40. The van der Waals surface area contributed by atoms with Crippen LogP contribution in [0.2, 0.25) is 0 Å². The maximum Gasteiger partial charge on any atom is 0.265 e. The summed E-state index contributed by atoms with van der Waals surface area (Å²) in [7, 11) is 0. The Kier molecular flexibility index (Phi) is 9.66. The smallest absolute Gasteiger partial charge is 0.265 e. The molecule has 0 saturated heterocycles. The Labute approximate surface area is 238 Å². The first-order valence-electron chi connectivity index (χ1n) is 11.3. The van der Waals surface area contributed by atoms with Crippen LogP contribution in [0.3, 0.4) is 0 Å². The van der Waals surface area contributed by atoms with Gasteiger partial charge in [0, 0.05) is 39.5 Å². The number of carbonyl (C=O) groups excluding carboxylic acids is 3. The average Bonchev–Trinajstić information content (AvgIpc) is 3.35. The van der Waals surface area contributed by atoms with Crippen molar-refractivity contribution in [1.29, 1.82) is 0 Å². The fourth-order valence-corrected chi connectivity index (χ4v) is 4.84. The van der Waals surface area contributed by atoms with Gasteiger partial charge in [0.05, 0.1) is 11.0 Å². The fourth-order valence-electron chi connectivity index (χ4n) is 3.49. The third kappa shape index (κ3) is 7.34. The maximum absolute atomic E-state index is 11.6. The minimum absolute atomic E-state index is 0.0706. The van der Waals surface area contributed by atoms with Crippen molar-refractivity contribution in [2.45, 2.75) is 33.6 Å². The number of rotatable bonds is 5. The van der Waals surface area contributed by atoms with Gasteiger partial charge in [0.15, 0.2) is 11.4 Å². The number of azo groups is 2. The summed E-state index contributed by atoms with van der Waals surface area (Å²) in [6, 6.07) is 7.49. The summed E-state index contributed by atoms with van der Waals surface area (Å²) in [5.74, 6) is 3.18. The van der Waals surface area contributed by atoms with Gasteiger partial charge in [0.1, 0.15) is 0 Å². The first kappa shape index (κ1) is 29.6. The number of aromatic nitrogens is 2. The molecule has 0 saturated carbocycles. The summed E-state index contributed by atoms with van der Waals surface area (Å²) in [4.78, 5) is 38.8. The molecule has 0 spiro atoms. The number of hydrogen-bond acceptors (Lipinski definition) is 8. The number of halogens is 2. The Morgan fingerprint density at radius 2 is 1.31 bits per heavy atom. The zero-order valence-electron chi connectivity index (χ0n) is 21.0. The van der Waals surface area contributed by atoms with Crippen molar-refractivity contribution in [3.05, 3.63) is 44.3 Å². The van der Waals surface area contributed by atoms with Crippen LogP contribution in [0.5, 0.6) is 11.8 Å². The number of aryl methyl sites for hydroxylation is 2. The molecule has 2 aromatic carbocycles. The number of hydrazine groups is 1. The van der Waals surface area contributed by atoms with Crippen LogP contribution in [0.15, 0.2) is 53.7 Å². The SMILES string of the molecule is CC(=O)N=Nc1c(O)[nH]c2c(Br)cc(C)cc12.Cc1cc(Br)c2[nH]c(O)c(N=NC(=O)CCC(=O)NN)c2c1. The zero-order valence-corrected chi connectivity index (χ0v) is 24.1. The van der Waals surface area contributed by atoms with Crippen molar-refractivity contribution in [3.63, 3.8) is 0 Å². The van der Waals surface area contributed by atoms with Crippen molar-refractivity contribution in [2.75, 3.05) is 0 Å². The van der Waals surface area contributed by atoms with Crippen molar-refractivity contribution >= 4 is 82.8 Å². The molecule has 0 aliphatic carbocycles. The predicted molar refractivity (Wildman–Crippen MR) is 151 cm³/mol. The quantitative estimate of drug-likeness (QED) is 0.0661. The molecule has 13 nitrogen and oxygen atoms in total. The molecule has 0 atom stereocenters. The van der Waals surface area contributed by atoms with Gasteiger partial charge in [-0.25, -0.2) is 5.84 Å². The second kappa shape index (κ2) is 12.7. The molecule has 0 radical (unpaired) electrons. The van der Waals surface area contributed by atoms with Crippen LogP contribution in [-0.2, 0) is 14.4 Å². The monoisotopic (exact) mass is 662 g/mol. The van der Waals surface area contributed by atoms with E-state index in [-0.39, 0.29) is 36.0 Å². The van der Waals surface area contributed by atoms with Gasteiger partial charge in [0.25, 0.3) is 11.8 Å². The molecule has 0 aliphatic heterocycles. The van der Waals surface area contributed by atoms with E-state index in [0.29, 0.717) is 10.9 Å². The third-order valence-electron chi connectivity index (χ3n) is 5.19. The summed E-state index contributed by atoms with van der Waals surface area (Å²) in [6.45, 7) is 5.13. The Bertz CT molecular complexity index is 1640. The van der Waals surface area contributed by atoms with Gasteiger partial charge in [-0.15, -0.1) is 20.5 Å². The fraction of sp³-hybridized carbons (Fsp3) is 0.208. The summed E-state index contributed by atoms with van der Waals surface area (Å²) in [5.41, 5.74) is 5.74. The molecular weight excluding hydrogens is 640 g/mol. The van der Waals surface area contributed by atoms with Gasteiger partial charge in [0.2, 0.25) is 17.7 Å². The number of nitrogens with two attached hydrogens (primary N) is 1. The van der Waals surface area contributed by atoms with E-state index in [1.165, 1.54) is 6.92 Å². The van der Waals surface area contributed by atoms with Gasteiger partial charge < -0.3 is 20.2 Å². The topological polar surface area (TPSA) is 211 Å².